The Morgan fingerprint density at radius 3 is 2.44 bits per heavy atom. The molecule has 84 valence electrons. The van der Waals surface area contributed by atoms with Crippen LogP contribution < -0.4 is 5.32 Å². The van der Waals surface area contributed by atoms with Crippen LogP contribution in [-0.2, 0) is 0 Å². The average Bonchev–Trinajstić information content (AvgIpc) is 2.68. The van der Waals surface area contributed by atoms with Crippen molar-refractivity contribution in [3.05, 3.63) is 46.5 Å². The Morgan fingerprint density at radius 2 is 1.88 bits per heavy atom. The largest absolute Gasteiger partial charge is 0.355 e. The summed E-state index contributed by atoms with van der Waals surface area (Å²) in [7, 11) is 0. The summed E-state index contributed by atoms with van der Waals surface area (Å²) in [5.74, 6) is 0. The van der Waals surface area contributed by atoms with Crippen LogP contribution in [0.15, 0.2) is 29.8 Å². The summed E-state index contributed by atoms with van der Waals surface area (Å²) in [5.41, 5.74) is 3.93. The highest BCUT2D eigenvalue weighted by molar-refractivity contribution is 7.13. The van der Waals surface area contributed by atoms with Crippen molar-refractivity contribution in [1.29, 1.82) is 0 Å². The number of benzene rings is 1. The summed E-state index contributed by atoms with van der Waals surface area (Å²) < 4.78 is 0. The SMILES string of the molecule is Cc1cc(C)cc(C(C)Nc2nccs2)c1. The molecule has 1 N–H and O–H groups in total. The maximum atomic E-state index is 4.23. The lowest BCUT2D eigenvalue weighted by molar-refractivity contribution is 0.878. The van der Waals surface area contributed by atoms with Gasteiger partial charge in [-0.1, -0.05) is 29.3 Å². The molecular weight excluding hydrogens is 216 g/mol. The Labute approximate surface area is 100 Å². The van der Waals surface area contributed by atoms with E-state index in [1.165, 1.54) is 16.7 Å². The number of aryl methyl sites for hydroxylation is 2. The van der Waals surface area contributed by atoms with Gasteiger partial charge in [0.05, 0.1) is 6.04 Å². The van der Waals surface area contributed by atoms with E-state index in [0.29, 0.717) is 6.04 Å². The molecule has 0 bridgehead atoms. The lowest BCUT2D eigenvalue weighted by Crippen LogP contribution is -2.06. The summed E-state index contributed by atoms with van der Waals surface area (Å²) in [4.78, 5) is 4.23. The number of hydrogen-bond donors (Lipinski definition) is 1. The molecule has 0 aliphatic carbocycles. The van der Waals surface area contributed by atoms with Crippen LogP contribution in [0.25, 0.3) is 0 Å². The van der Waals surface area contributed by atoms with Crippen molar-refractivity contribution in [2.24, 2.45) is 0 Å². The van der Waals surface area contributed by atoms with Gasteiger partial charge in [-0.2, -0.15) is 0 Å². The van der Waals surface area contributed by atoms with Gasteiger partial charge in [0, 0.05) is 11.6 Å². The van der Waals surface area contributed by atoms with Gasteiger partial charge in [-0.15, -0.1) is 11.3 Å². The monoisotopic (exact) mass is 232 g/mol. The highest BCUT2D eigenvalue weighted by Gasteiger charge is 2.07. The molecule has 1 atom stereocenters. The number of hydrogen-bond acceptors (Lipinski definition) is 3. The van der Waals surface area contributed by atoms with Gasteiger partial charge in [0.15, 0.2) is 5.13 Å². The van der Waals surface area contributed by atoms with Crippen molar-refractivity contribution in [2.75, 3.05) is 5.32 Å². The molecule has 0 amide bonds. The number of rotatable bonds is 3. The Bertz CT molecular complexity index is 443. The minimum atomic E-state index is 0.296. The summed E-state index contributed by atoms with van der Waals surface area (Å²) in [5, 5.41) is 6.36. The molecular formula is C13H16N2S. The first-order valence-corrected chi connectivity index (χ1v) is 6.27. The zero-order valence-electron chi connectivity index (χ0n) is 9.82. The van der Waals surface area contributed by atoms with Crippen molar-refractivity contribution in [2.45, 2.75) is 26.8 Å². The molecule has 1 aromatic carbocycles. The molecule has 2 nitrogen and oxygen atoms in total. The van der Waals surface area contributed by atoms with E-state index in [2.05, 4.69) is 49.3 Å². The van der Waals surface area contributed by atoms with E-state index in [0.717, 1.165) is 5.13 Å². The number of nitrogens with zero attached hydrogens (tertiary/aromatic N) is 1. The van der Waals surface area contributed by atoms with Gasteiger partial charge in [-0.25, -0.2) is 4.98 Å². The van der Waals surface area contributed by atoms with Crippen LogP contribution in [-0.4, -0.2) is 4.98 Å². The van der Waals surface area contributed by atoms with Crippen molar-refractivity contribution in [3.8, 4) is 0 Å². The lowest BCUT2D eigenvalue weighted by Gasteiger charge is -2.14. The predicted molar refractivity (Wildman–Crippen MR) is 70.1 cm³/mol. The lowest BCUT2D eigenvalue weighted by atomic mass is 10.0. The smallest absolute Gasteiger partial charge is 0.183 e. The standard InChI is InChI=1S/C13H16N2S/c1-9-6-10(2)8-12(7-9)11(3)15-13-14-4-5-16-13/h4-8,11H,1-3H3,(H,14,15). The third-order valence-electron chi connectivity index (χ3n) is 2.52. The second-order valence-electron chi connectivity index (χ2n) is 4.12. The molecule has 2 rings (SSSR count). The summed E-state index contributed by atoms with van der Waals surface area (Å²) in [6.07, 6.45) is 1.82. The third kappa shape index (κ3) is 2.61. The molecule has 16 heavy (non-hydrogen) atoms. The summed E-state index contributed by atoms with van der Waals surface area (Å²) in [6, 6.07) is 6.93. The number of anilines is 1. The van der Waals surface area contributed by atoms with Crippen LogP contribution in [0.2, 0.25) is 0 Å². The van der Waals surface area contributed by atoms with Gasteiger partial charge < -0.3 is 5.32 Å². The van der Waals surface area contributed by atoms with Crippen LogP contribution in [0.3, 0.4) is 0 Å². The molecule has 0 spiro atoms. The fourth-order valence-electron chi connectivity index (χ4n) is 1.82. The quantitative estimate of drug-likeness (QED) is 0.867. The second kappa shape index (κ2) is 4.66. The van der Waals surface area contributed by atoms with Gasteiger partial charge >= 0.3 is 0 Å². The Kier molecular flexibility index (Phi) is 3.25. The first-order chi connectivity index (χ1) is 7.65. The van der Waals surface area contributed by atoms with Crippen LogP contribution >= 0.6 is 11.3 Å². The number of thiazole rings is 1. The molecule has 1 heterocycles. The van der Waals surface area contributed by atoms with Gasteiger partial charge in [-0.05, 0) is 26.3 Å². The molecule has 2 aromatic rings. The number of aromatic nitrogens is 1. The van der Waals surface area contributed by atoms with Gasteiger partial charge in [0.2, 0.25) is 0 Å². The maximum Gasteiger partial charge on any atom is 0.183 e. The Balaban J connectivity index is 2.17. The molecule has 0 saturated carbocycles. The van der Waals surface area contributed by atoms with Gasteiger partial charge in [0.1, 0.15) is 0 Å². The molecule has 3 heteroatoms. The van der Waals surface area contributed by atoms with Crippen molar-refractivity contribution < 1.29 is 0 Å². The summed E-state index contributed by atoms with van der Waals surface area (Å²) in [6.45, 7) is 6.43. The van der Waals surface area contributed by atoms with E-state index in [1.807, 2.05) is 11.6 Å². The fraction of sp³-hybridized carbons (Fsp3) is 0.308. The van der Waals surface area contributed by atoms with E-state index >= 15 is 0 Å². The van der Waals surface area contributed by atoms with Gasteiger partial charge in [-0.3, -0.25) is 0 Å². The van der Waals surface area contributed by atoms with Crippen molar-refractivity contribution >= 4 is 16.5 Å². The van der Waals surface area contributed by atoms with E-state index < -0.39 is 0 Å². The maximum absolute atomic E-state index is 4.23. The molecule has 0 radical (unpaired) electrons. The first-order valence-electron chi connectivity index (χ1n) is 5.39. The zero-order chi connectivity index (χ0) is 11.5. The molecule has 1 unspecified atom stereocenters. The van der Waals surface area contributed by atoms with Crippen LogP contribution in [0.1, 0.15) is 29.7 Å². The van der Waals surface area contributed by atoms with E-state index in [1.54, 1.807) is 11.3 Å². The van der Waals surface area contributed by atoms with Gasteiger partial charge in [0.25, 0.3) is 0 Å². The first kappa shape index (κ1) is 11.1. The minimum absolute atomic E-state index is 0.296. The minimum Gasteiger partial charge on any atom is -0.355 e. The Hall–Kier alpha value is -1.35. The zero-order valence-corrected chi connectivity index (χ0v) is 10.6. The van der Waals surface area contributed by atoms with Crippen molar-refractivity contribution in [3.63, 3.8) is 0 Å². The van der Waals surface area contributed by atoms with E-state index in [-0.39, 0.29) is 0 Å². The normalized spacial score (nSPS) is 12.4. The van der Waals surface area contributed by atoms with Crippen LogP contribution in [0, 0.1) is 13.8 Å². The Morgan fingerprint density at radius 1 is 1.19 bits per heavy atom. The molecule has 0 fully saturated rings. The number of nitrogens with one attached hydrogen (secondary N) is 1. The topological polar surface area (TPSA) is 24.9 Å². The second-order valence-corrected chi connectivity index (χ2v) is 5.02. The molecule has 0 aliphatic heterocycles. The van der Waals surface area contributed by atoms with E-state index in [9.17, 15) is 0 Å². The van der Waals surface area contributed by atoms with Crippen LogP contribution in [0.4, 0.5) is 5.13 Å². The molecule has 1 aromatic heterocycles. The van der Waals surface area contributed by atoms with E-state index in [4.69, 9.17) is 0 Å². The fourth-order valence-corrected chi connectivity index (χ4v) is 2.44. The average molecular weight is 232 g/mol. The highest BCUT2D eigenvalue weighted by Crippen LogP contribution is 2.22. The third-order valence-corrected chi connectivity index (χ3v) is 3.22. The van der Waals surface area contributed by atoms with Crippen molar-refractivity contribution in [1.82, 2.24) is 4.98 Å². The predicted octanol–water partition coefficient (Wildman–Crippen LogP) is 3.93. The summed E-state index contributed by atoms with van der Waals surface area (Å²) >= 11 is 1.63. The molecule has 0 saturated heterocycles. The highest BCUT2D eigenvalue weighted by atomic mass is 32.1. The molecule has 0 aliphatic rings. The van der Waals surface area contributed by atoms with Crippen LogP contribution in [0.5, 0.6) is 0 Å².